The van der Waals surface area contributed by atoms with Gasteiger partial charge in [0.1, 0.15) is 5.75 Å². The second-order valence-corrected chi connectivity index (χ2v) is 5.43. The summed E-state index contributed by atoms with van der Waals surface area (Å²) in [6.45, 7) is 4.63. The third-order valence-corrected chi connectivity index (χ3v) is 3.82. The number of hydrogen-bond donors (Lipinski definition) is 1. The number of carbonyl (C=O) groups is 1. The first kappa shape index (κ1) is 16.1. The summed E-state index contributed by atoms with van der Waals surface area (Å²) < 4.78 is 5.27. The van der Waals surface area contributed by atoms with Gasteiger partial charge in [-0.25, -0.2) is 0 Å². The summed E-state index contributed by atoms with van der Waals surface area (Å²) in [6, 6.07) is 8.12. The summed E-state index contributed by atoms with van der Waals surface area (Å²) in [5.41, 5.74) is 1.18. The molecule has 1 aliphatic rings. The molecule has 0 saturated carbocycles. The molecule has 0 aromatic heterocycles. The molecule has 1 atom stereocenters. The highest BCUT2D eigenvalue weighted by Gasteiger charge is 2.23. The van der Waals surface area contributed by atoms with Crippen molar-refractivity contribution in [3.8, 4) is 5.75 Å². The maximum Gasteiger partial charge on any atom is 0.243 e. The van der Waals surface area contributed by atoms with Crippen LogP contribution in [-0.2, 0) is 4.79 Å². The summed E-state index contributed by atoms with van der Waals surface area (Å²) in [5, 5.41) is 2.97. The first-order valence-electron chi connectivity index (χ1n) is 7.69. The van der Waals surface area contributed by atoms with Crippen LogP contribution in [0.1, 0.15) is 13.3 Å². The Morgan fingerprint density at radius 1 is 1.45 bits per heavy atom. The van der Waals surface area contributed by atoms with Gasteiger partial charge in [-0.3, -0.25) is 4.79 Å². The summed E-state index contributed by atoms with van der Waals surface area (Å²) in [4.78, 5) is 14.0. The van der Waals surface area contributed by atoms with Crippen LogP contribution in [0.15, 0.2) is 48.6 Å². The lowest BCUT2D eigenvalue weighted by Gasteiger charge is -2.19. The molecule has 118 valence electrons. The van der Waals surface area contributed by atoms with Gasteiger partial charge in [0.2, 0.25) is 5.91 Å². The van der Waals surface area contributed by atoms with Crippen LogP contribution in [-0.4, -0.2) is 32.7 Å². The van der Waals surface area contributed by atoms with Crippen LogP contribution in [0.5, 0.6) is 5.75 Å². The lowest BCUT2D eigenvalue weighted by molar-refractivity contribution is -0.116. The minimum atomic E-state index is -0.0297. The summed E-state index contributed by atoms with van der Waals surface area (Å²) in [5.74, 6) is 1.34. The molecular weight excluding hydrogens is 276 g/mol. The lowest BCUT2D eigenvalue weighted by Crippen LogP contribution is -2.29. The van der Waals surface area contributed by atoms with Crippen LogP contribution >= 0.6 is 0 Å². The normalized spacial score (nSPS) is 18.3. The van der Waals surface area contributed by atoms with Crippen molar-refractivity contribution in [2.45, 2.75) is 13.3 Å². The maximum atomic E-state index is 11.6. The average Bonchev–Trinajstić information content (AvgIpc) is 3.02. The van der Waals surface area contributed by atoms with Crippen LogP contribution in [0, 0.1) is 5.92 Å². The molecule has 0 bridgehead atoms. The second kappa shape index (κ2) is 8.27. The number of hydrogen-bond acceptors (Lipinski definition) is 3. The molecule has 0 radical (unpaired) electrons. The minimum absolute atomic E-state index is 0.0297. The number of carbonyl (C=O) groups excluding carboxylic acids is 1. The van der Waals surface area contributed by atoms with Crippen LogP contribution in [0.3, 0.4) is 0 Å². The highest BCUT2D eigenvalue weighted by molar-refractivity contribution is 5.87. The number of benzene rings is 1. The summed E-state index contributed by atoms with van der Waals surface area (Å²) >= 11 is 0. The fourth-order valence-corrected chi connectivity index (χ4v) is 2.60. The molecule has 4 heteroatoms. The molecule has 1 aliphatic heterocycles. The first-order valence-corrected chi connectivity index (χ1v) is 7.69. The molecule has 0 spiro atoms. The Kier molecular flexibility index (Phi) is 6.07. The Balaban J connectivity index is 1.81. The van der Waals surface area contributed by atoms with Crippen molar-refractivity contribution in [1.29, 1.82) is 0 Å². The van der Waals surface area contributed by atoms with Gasteiger partial charge in [0.15, 0.2) is 0 Å². The van der Waals surface area contributed by atoms with Crippen molar-refractivity contribution in [2.75, 3.05) is 31.6 Å². The zero-order valence-corrected chi connectivity index (χ0v) is 13.3. The van der Waals surface area contributed by atoms with Gasteiger partial charge in [-0.15, -0.1) is 0 Å². The van der Waals surface area contributed by atoms with E-state index in [9.17, 15) is 4.79 Å². The largest absolute Gasteiger partial charge is 0.497 e. The van der Waals surface area contributed by atoms with E-state index >= 15 is 0 Å². The predicted molar refractivity (Wildman–Crippen MR) is 90.3 cm³/mol. The highest BCUT2D eigenvalue weighted by Crippen LogP contribution is 2.26. The van der Waals surface area contributed by atoms with Gasteiger partial charge in [-0.1, -0.05) is 24.3 Å². The number of allylic oxidation sites excluding steroid dienone is 3. The number of anilines is 1. The Hall–Kier alpha value is -2.23. The van der Waals surface area contributed by atoms with Gasteiger partial charge in [0.05, 0.1) is 7.11 Å². The van der Waals surface area contributed by atoms with Crippen LogP contribution in [0.25, 0.3) is 0 Å². The van der Waals surface area contributed by atoms with E-state index in [2.05, 4.69) is 22.3 Å². The van der Waals surface area contributed by atoms with Gasteiger partial charge in [0.25, 0.3) is 0 Å². The highest BCUT2D eigenvalue weighted by atomic mass is 16.5. The van der Waals surface area contributed by atoms with E-state index in [0.29, 0.717) is 5.92 Å². The fourth-order valence-electron chi connectivity index (χ4n) is 2.60. The fraction of sp³-hybridized carbons (Fsp3) is 0.389. The van der Waals surface area contributed by atoms with E-state index in [-0.39, 0.29) is 5.91 Å². The molecule has 1 aromatic rings. The van der Waals surface area contributed by atoms with Crippen molar-refractivity contribution < 1.29 is 9.53 Å². The summed E-state index contributed by atoms with van der Waals surface area (Å²) in [6.07, 6.45) is 8.16. The Morgan fingerprint density at radius 3 is 3.09 bits per heavy atom. The molecular formula is C18H24N2O2. The van der Waals surface area contributed by atoms with Gasteiger partial charge in [-0.05, 0) is 31.4 Å². The molecule has 0 aliphatic carbocycles. The van der Waals surface area contributed by atoms with E-state index in [4.69, 9.17) is 4.74 Å². The second-order valence-electron chi connectivity index (χ2n) is 5.43. The van der Waals surface area contributed by atoms with Gasteiger partial charge in [-0.2, -0.15) is 0 Å². The van der Waals surface area contributed by atoms with Crippen LogP contribution < -0.4 is 15.0 Å². The number of nitrogens with one attached hydrogen (secondary N) is 1. The molecule has 22 heavy (non-hydrogen) atoms. The van der Waals surface area contributed by atoms with Gasteiger partial charge < -0.3 is 15.0 Å². The SMILES string of the molecule is C/C=C/C=C/C(=O)NC[C@@H]1CCN(c2cccc(OC)c2)C1. The maximum absolute atomic E-state index is 11.6. The molecule has 0 unspecified atom stereocenters. The van der Waals surface area contributed by atoms with Crippen LogP contribution in [0.2, 0.25) is 0 Å². The molecule has 1 saturated heterocycles. The molecule has 1 N–H and O–H groups in total. The Labute approximate surface area is 132 Å². The number of methoxy groups -OCH3 is 1. The van der Waals surface area contributed by atoms with E-state index in [0.717, 1.165) is 31.8 Å². The molecule has 1 aromatic carbocycles. The average molecular weight is 300 g/mol. The van der Waals surface area contributed by atoms with E-state index in [1.165, 1.54) is 5.69 Å². The van der Waals surface area contributed by atoms with Gasteiger partial charge in [0, 0.05) is 37.5 Å². The predicted octanol–water partition coefficient (Wildman–Crippen LogP) is 2.77. The van der Waals surface area contributed by atoms with E-state index in [1.807, 2.05) is 31.2 Å². The van der Waals surface area contributed by atoms with Crippen molar-refractivity contribution in [3.63, 3.8) is 0 Å². The monoisotopic (exact) mass is 300 g/mol. The number of ether oxygens (including phenoxy) is 1. The van der Waals surface area contributed by atoms with Crippen molar-refractivity contribution in [1.82, 2.24) is 5.32 Å². The molecule has 4 nitrogen and oxygen atoms in total. The molecule has 1 heterocycles. The molecule has 1 amide bonds. The van der Waals surface area contributed by atoms with E-state index in [1.54, 1.807) is 19.3 Å². The lowest BCUT2D eigenvalue weighted by atomic mass is 10.1. The Bertz CT molecular complexity index is 552. The number of amides is 1. The zero-order chi connectivity index (χ0) is 15.8. The molecule has 1 fully saturated rings. The standard InChI is InChI=1S/C18H24N2O2/c1-3-4-5-9-18(21)19-13-15-10-11-20(14-15)16-7-6-8-17(12-16)22-2/h3-9,12,15H,10-11,13-14H2,1-2H3,(H,19,21)/b4-3+,9-5+/t15-/m0/s1. The first-order chi connectivity index (χ1) is 10.7. The smallest absolute Gasteiger partial charge is 0.243 e. The zero-order valence-electron chi connectivity index (χ0n) is 13.3. The number of rotatable bonds is 6. The summed E-state index contributed by atoms with van der Waals surface area (Å²) in [7, 11) is 1.68. The van der Waals surface area contributed by atoms with Crippen molar-refractivity contribution in [3.05, 3.63) is 48.6 Å². The molecule has 2 rings (SSSR count). The topological polar surface area (TPSA) is 41.6 Å². The quantitative estimate of drug-likeness (QED) is 0.649. The third kappa shape index (κ3) is 4.65. The Morgan fingerprint density at radius 2 is 2.32 bits per heavy atom. The number of nitrogens with zero attached hydrogens (tertiary/aromatic N) is 1. The third-order valence-electron chi connectivity index (χ3n) is 3.82. The minimum Gasteiger partial charge on any atom is -0.497 e. The van der Waals surface area contributed by atoms with E-state index < -0.39 is 0 Å². The van der Waals surface area contributed by atoms with Gasteiger partial charge >= 0.3 is 0 Å². The van der Waals surface area contributed by atoms with Crippen molar-refractivity contribution >= 4 is 11.6 Å². The van der Waals surface area contributed by atoms with Crippen LogP contribution in [0.4, 0.5) is 5.69 Å². The van der Waals surface area contributed by atoms with Crippen molar-refractivity contribution in [2.24, 2.45) is 5.92 Å².